The molecule has 0 bridgehead atoms. The van der Waals surface area contributed by atoms with Gasteiger partial charge in [0.1, 0.15) is 0 Å². The minimum absolute atomic E-state index is 0.367. The van der Waals surface area contributed by atoms with E-state index in [2.05, 4.69) is 27.7 Å². The molecular weight excluding hydrogens is 472 g/mol. The van der Waals surface area contributed by atoms with Crippen molar-refractivity contribution in [3.05, 3.63) is 35.4 Å². The molecule has 0 aliphatic rings. The Morgan fingerprint density at radius 1 is 0.526 bits per heavy atom. The van der Waals surface area contributed by atoms with E-state index in [9.17, 15) is 9.59 Å². The normalized spacial score (nSPS) is 11.3. The molecule has 1 aromatic carbocycles. The van der Waals surface area contributed by atoms with Crippen molar-refractivity contribution in [1.82, 2.24) is 0 Å². The van der Waals surface area contributed by atoms with E-state index in [1.165, 1.54) is 89.9 Å². The second kappa shape index (κ2) is 23.1. The number of rotatable bonds is 24. The van der Waals surface area contributed by atoms with Gasteiger partial charge in [0.15, 0.2) is 0 Å². The van der Waals surface area contributed by atoms with Gasteiger partial charge in [-0.15, -0.1) is 0 Å². The minimum Gasteiger partial charge on any atom is -0.462 e. The van der Waals surface area contributed by atoms with Gasteiger partial charge in [0.2, 0.25) is 0 Å². The van der Waals surface area contributed by atoms with Crippen LogP contribution in [0.15, 0.2) is 24.3 Å². The Balaban J connectivity index is 2.08. The summed E-state index contributed by atoms with van der Waals surface area (Å²) in [4.78, 5) is 24.8. The second-order valence-corrected chi connectivity index (χ2v) is 11.9. The standard InChI is InChI=1S/C34H58O4/c1-29(2)22-17-13-9-5-7-11-15-19-26-37-33(35)31-24-21-25-32(28-31)34(36)38-27-20-16-12-8-6-10-14-18-23-30(3)4/h21,24-25,28-30H,5-20,22-23,26-27H2,1-4H3. The third kappa shape index (κ3) is 19.3. The van der Waals surface area contributed by atoms with Crippen molar-refractivity contribution in [3.63, 3.8) is 0 Å². The summed E-state index contributed by atoms with van der Waals surface area (Å²) in [6, 6.07) is 6.70. The van der Waals surface area contributed by atoms with Crippen molar-refractivity contribution in [2.45, 2.75) is 143 Å². The Labute approximate surface area is 234 Å². The molecule has 0 fully saturated rings. The van der Waals surface area contributed by atoms with Crippen LogP contribution in [-0.2, 0) is 9.47 Å². The van der Waals surface area contributed by atoms with Gasteiger partial charge in [0, 0.05) is 0 Å². The summed E-state index contributed by atoms with van der Waals surface area (Å²) >= 11 is 0. The van der Waals surface area contributed by atoms with E-state index in [1.807, 2.05) is 0 Å². The highest BCUT2D eigenvalue weighted by atomic mass is 16.5. The predicted molar refractivity (Wildman–Crippen MR) is 160 cm³/mol. The Bertz CT molecular complexity index is 668. The van der Waals surface area contributed by atoms with Gasteiger partial charge in [-0.05, 0) is 42.9 Å². The zero-order chi connectivity index (χ0) is 27.8. The molecule has 1 rings (SSSR count). The average Bonchev–Trinajstić information content (AvgIpc) is 2.89. The lowest BCUT2D eigenvalue weighted by molar-refractivity contribution is 0.0496. The van der Waals surface area contributed by atoms with Gasteiger partial charge in [-0.3, -0.25) is 0 Å². The molecule has 0 N–H and O–H groups in total. The number of hydrogen-bond donors (Lipinski definition) is 0. The van der Waals surface area contributed by atoms with Gasteiger partial charge in [0.05, 0.1) is 24.3 Å². The smallest absolute Gasteiger partial charge is 0.338 e. The summed E-state index contributed by atoms with van der Waals surface area (Å²) in [5.74, 6) is 0.901. The lowest BCUT2D eigenvalue weighted by Gasteiger charge is -2.08. The molecule has 0 unspecified atom stereocenters. The number of esters is 2. The summed E-state index contributed by atoms with van der Waals surface area (Å²) in [6.45, 7) is 10.0. The van der Waals surface area contributed by atoms with Crippen LogP contribution in [0.3, 0.4) is 0 Å². The van der Waals surface area contributed by atoms with Gasteiger partial charge in [-0.1, -0.05) is 136 Å². The summed E-state index contributed by atoms with van der Waals surface area (Å²) in [6.07, 6.45) is 22.2. The quantitative estimate of drug-likeness (QED) is 0.0985. The van der Waals surface area contributed by atoms with Crippen molar-refractivity contribution in [2.24, 2.45) is 11.8 Å². The first-order chi connectivity index (χ1) is 18.4. The monoisotopic (exact) mass is 530 g/mol. The topological polar surface area (TPSA) is 52.6 Å². The van der Waals surface area contributed by atoms with Crippen LogP contribution in [0.4, 0.5) is 0 Å². The number of benzene rings is 1. The van der Waals surface area contributed by atoms with E-state index >= 15 is 0 Å². The van der Waals surface area contributed by atoms with Gasteiger partial charge in [-0.2, -0.15) is 0 Å². The zero-order valence-electron chi connectivity index (χ0n) is 25.2. The molecule has 38 heavy (non-hydrogen) atoms. The van der Waals surface area contributed by atoms with Gasteiger partial charge in [0.25, 0.3) is 0 Å². The van der Waals surface area contributed by atoms with Crippen LogP contribution in [0.1, 0.15) is 164 Å². The molecule has 0 heterocycles. The number of unbranched alkanes of at least 4 members (excludes halogenated alkanes) is 14. The largest absolute Gasteiger partial charge is 0.462 e. The molecule has 0 saturated heterocycles. The maximum atomic E-state index is 12.4. The van der Waals surface area contributed by atoms with Crippen molar-refractivity contribution >= 4 is 11.9 Å². The lowest BCUT2D eigenvalue weighted by Crippen LogP contribution is -2.10. The van der Waals surface area contributed by atoms with Crippen LogP contribution in [0.2, 0.25) is 0 Å². The molecule has 218 valence electrons. The van der Waals surface area contributed by atoms with E-state index in [1.54, 1.807) is 24.3 Å². The first-order valence-corrected chi connectivity index (χ1v) is 15.8. The highest BCUT2D eigenvalue weighted by molar-refractivity contribution is 5.95. The third-order valence-corrected chi connectivity index (χ3v) is 7.15. The molecule has 4 heteroatoms. The van der Waals surface area contributed by atoms with Gasteiger partial charge >= 0.3 is 11.9 Å². The molecule has 0 aromatic heterocycles. The minimum atomic E-state index is -0.367. The fourth-order valence-corrected chi connectivity index (χ4v) is 4.70. The van der Waals surface area contributed by atoms with E-state index in [0.29, 0.717) is 24.3 Å². The van der Waals surface area contributed by atoms with Crippen LogP contribution in [-0.4, -0.2) is 25.2 Å². The molecule has 0 amide bonds. The van der Waals surface area contributed by atoms with E-state index in [0.717, 1.165) is 37.5 Å². The lowest BCUT2D eigenvalue weighted by atomic mass is 10.0. The summed E-state index contributed by atoms with van der Waals surface area (Å²) in [7, 11) is 0. The number of hydrogen-bond acceptors (Lipinski definition) is 4. The average molecular weight is 531 g/mol. The summed E-state index contributed by atoms with van der Waals surface area (Å²) < 4.78 is 10.9. The zero-order valence-corrected chi connectivity index (χ0v) is 25.2. The van der Waals surface area contributed by atoms with E-state index < -0.39 is 0 Å². The first-order valence-electron chi connectivity index (χ1n) is 15.8. The van der Waals surface area contributed by atoms with Crippen LogP contribution in [0.25, 0.3) is 0 Å². The van der Waals surface area contributed by atoms with Crippen LogP contribution < -0.4 is 0 Å². The van der Waals surface area contributed by atoms with Crippen LogP contribution >= 0.6 is 0 Å². The van der Waals surface area contributed by atoms with Crippen molar-refractivity contribution < 1.29 is 19.1 Å². The van der Waals surface area contributed by atoms with Crippen molar-refractivity contribution in [2.75, 3.05) is 13.2 Å². The van der Waals surface area contributed by atoms with E-state index in [-0.39, 0.29) is 11.9 Å². The van der Waals surface area contributed by atoms with Crippen molar-refractivity contribution in [3.8, 4) is 0 Å². The highest BCUT2D eigenvalue weighted by Gasteiger charge is 2.12. The number of carbonyl (C=O) groups excluding carboxylic acids is 2. The second-order valence-electron chi connectivity index (χ2n) is 11.9. The van der Waals surface area contributed by atoms with Gasteiger partial charge in [-0.25, -0.2) is 9.59 Å². The molecule has 0 radical (unpaired) electrons. The molecular formula is C34H58O4. The Morgan fingerprint density at radius 2 is 0.842 bits per heavy atom. The fraction of sp³-hybridized carbons (Fsp3) is 0.765. The molecule has 1 aromatic rings. The Hall–Kier alpha value is -1.84. The molecule has 0 saturated carbocycles. The molecule has 4 nitrogen and oxygen atoms in total. The molecule has 0 atom stereocenters. The molecule has 0 aliphatic carbocycles. The summed E-state index contributed by atoms with van der Waals surface area (Å²) in [5, 5.41) is 0. The fourth-order valence-electron chi connectivity index (χ4n) is 4.70. The maximum absolute atomic E-state index is 12.4. The Kier molecular flexibility index (Phi) is 20.8. The molecule has 0 aliphatic heterocycles. The van der Waals surface area contributed by atoms with Gasteiger partial charge < -0.3 is 9.47 Å². The number of carbonyl (C=O) groups is 2. The maximum Gasteiger partial charge on any atom is 0.338 e. The van der Waals surface area contributed by atoms with Crippen LogP contribution in [0.5, 0.6) is 0 Å². The third-order valence-electron chi connectivity index (χ3n) is 7.15. The molecule has 0 spiro atoms. The van der Waals surface area contributed by atoms with Crippen molar-refractivity contribution in [1.29, 1.82) is 0 Å². The first kappa shape index (κ1) is 34.2. The highest BCUT2D eigenvalue weighted by Crippen LogP contribution is 2.15. The SMILES string of the molecule is CC(C)CCCCCCCCCCOC(=O)c1cccc(C(=O)OCCCCCCCCCCC(C)C)c1. The predicted octanol–water partition coefficient (Wildman–Crippen LogP) is 10.3. The van der Waals surface area contributed by atoms with Crippen LogP contribution in [0, 0.1) is 11.8 Å². The summed E-state index contributed by atoms with van der Waals surface area (Å²) in [5.41, 5.74) is 0.823. The Morgan fingerprint density at radius 3 is 1.18 bits per heavy atom. The number of ether oxygens (including phenoxy) is 2. The van der Waals surface area contributed by atoms with E-state index in [4.69, 9.17) is 9.47 Å².